The zero-order valence-corrected chi connectivity index (χ0v) is 19.8. The van der Waals surface area contributed by atoms with E-state index in [1.165, 1.54) is 19.3 Å². The van der Waals surface area contributed by atoms with Crippen LogP contribution >= 0.6 is 24.8 Å². The molecular weight excluding hydrogens is 402 g/mol. The molecule has 0 fully saturated rings. The van der Waals surface area contributed by atoms with Crippen LogP contribution in [0.3, 0.4) is 0 Å². The second kappa shape index (κ2) is 9.21. The van der Waals surface area contributed by atoms with Gasteiger partial charge in [0.05, 0.1) is 0 Å². The van der Waals surface area contributed by atoms with Crippen molar-refractivity contribution in [2.45, 2.75) is 67.7 Å². The van der Waals surface area contributed by atoms with Crippen molar-refractivity contribution in [1.82, 2.24) is 0 Å². The van der Waals surface area contributed by atoms with Crippen molar-refractivity contribution in [3.05, 3.63) is 41.0 Å². The molecule has 2 aliphatic rings. The Morgan fingerprint density at radius 1 is 1.09 bits per heavy atom. The van der Waals surface area contributed by atoms with Crippen LogP contribution in [0.2, 0.25) is 0 Å². The van der Waals surface area contributed by atoms with Crippen molar-refractivity contribution in [3.8, 4) is 0 Å². The SMILES string of the molecule is CC1=C(C)C(C)(C)[C]([Zr][C]2=C(CCC(C)C)C=CC2)=C1C.Cl.Cl. The van der Waals surface area contributed by atoms with Crippen LogP contribution in [-0.2, 0) is 23.2 Å². The van der Waals surface area contributed by atoms with Crippen LogP contribution in [0, 0.1) is 11.3 Å². The first kappa shape index (κ1) is 23.4. The summed E-state index contributed by atoms with van der Waals surface area (Å²) in [5.41, 5.74) is 6.79. The monoisotopic (exact) mass is 432 g/mol. The summed E-state index contributed by atoms with van der Waals surface area (Å²) in [6.07, 6.45) is 8.69. The fraction of sp³-hybridized carbons (Fsp3) is 0.600. The van der Waals surface area contributed by atoms with Gasteiger partial charge >= 0.3 is 143 Å². The number of hydrogen-bond acceptors (Lipinski definition) is 0. The summed E-state index contributed by atoms with van der Waals surface area (Å²) >= 11 is -0.616. The molecule has 0 aromatic heterocycles. The summed E-state index contributed by atoms with van der Waals surface area (Å²) in [7, 11) is 0. The first-order valence-corrected chi connectivity index (χ1v) is 10.8. The Morgan fingerprint density at radius 3 is 2.17 bits per heavy atom. The summed E-state index contributed by atoms with van der Waals surface area (Å²) in [4.78, 5) is 0. The van der Waals surface area contributed by atoms with Gasteiger partial charge in [-0.15, -0.1) is 24.8 Å². The predicted molar refractivity (Wildman–Crippen MR) is 104 cm³/mol. The van der Waals surface area contributed by atoms with Gasteiger partial charge in [-0.05, 0) is 0 Å². The van der Waals surface area contributed by atoms with Crippen LogP contribution in [0.1, 0.15) is 67.7 Å². The zero-order chi connectivity index (χ0) is 15.8. The van der Waals surface area contributed by atoms with Crippen molar-refractivity contribution in [1.29, 1.82) is 0 Å². The second-order valence-electron chi connectivity index (χ2n) is 7.54. The standard InChI is InChI=1S/2C10H15.2ClH.Zr/c1-7-6-10(4,5)9(3)8(7)2;1-9(2)7-8-10-5-3-4-6-10;;;/h1-5H3;3,5,9H,4,7-8H2,1-2H3;2*1H;. The average molecular weight is 435 g/mol. The molecule has 0 N–H and O–H groups in total. The van der Waals surface area contributed by atoms with E-state index >= 15 is 0 Å². The van der Waals surface area contributed by atoms with Gasteiger partial charge in [-0.3, -0.25) is 0 Å². The molecule has 0 aliphatic heterocycles. The summed E-state index contributed by atoms with van der Waals surface area (Å²) in [5.74, 6) is 0.813. The van der Waals surface area contributed by atoms with Gasteiger partial charge in [0, 0.05) is 0 Å². The summed E-state index contributed by atoms with van der Waals surface area (Å²) in [6.45, 7) is 16.6. The molecule has 0 bridgehead atoms. The molecule has 0 heterocycles. The molecule has 0 saturated carbocycles. The van der Waals surface area contributed by atoms with Crippen LogP contribution in [0.4, 0.5) is 0 Å². The van der Waals surface area contributed by atoms with Gasteiger partial charge in [0.15, 0.2) is 0 Å². The van der Waals surface area contributed by atoms with Gasteiger partial charge in [0.1, 0.15) is 0 Å². The molecule has 2 rings (SSSR count). The van der Waals surface area contributed by atoms with Gasteiger partial charge in [-0.25, -0.2) is 0 Å². The Kier molecular flexibility index (Phi) is 9.38. The molecule has 2 aliphatic carbocycles. The molecule has 130 valence electrons. The third-order valence-corrected chi connectivity index (χ3v) is 10.5. The predicted octanol–water partition coefficient (Wildman–Crippen LogP) is 7.21. The number of hydrogen-bond donors (Lipinski definition) is 0. The van der Waals surface area contributed by atoms with Crippen molar-refractivity contribution in [3.63, 3.8) is 0 Å². The van der Waals surface area contributed by atoms with Crippen LogP contribution in [0.5, 0.6) is 0 Å². The number of halogens is 2. The molecule has 0 atom stereocenters. The van der Waals surface area contributed by atoms with Crippen molar-refractivity contribution in [2.75, 3.05) is 0 Å². The third-order valence-electron chi connectivity index (χ3n) is 5.36. The maximum Gasteiger partial charge on any atom is -0.147 e. The molecule has 0 saturated heterocycles. The van der Waals surface area contributed by atoms with E-state index in [0.717, 1.165) is 5.92 Å². The van der Waals surface area contributed by atoms with E-state index in [9.17, 15) is 0 Å². The molecule has 0 amide bonds. The molecule has 0 spiro atoms. The molecule has 0 aromatic carbocycles. The van der Waals surface area contributed by atoms with E-state index in [1.54, 1.807) is 22.3 Å². The van der Waals surface area contributed by atoms with Crippen LogP contribution < -0.4 is 0 Å². The fourth-order valence-electron chi connectivity index (χ4n) is 3.36. The molecule has 0 nitrogen and oxygen atoms in total. The van der Waals surface area contributed by atoms with Gasteiger partial charge < -0.3 is 0 Å². The van der Waals surface area contributed by atoms with Crippen molar-refractivity contribution < 1.29 is 23.2 Å². The molecular formula is C20H32Cl2Zr. The Bertz CT molecular complexity index is 560. The van der Waals surface area contributed by atoms with Gasteiger partial charge in [-0.2, -0.15) is 0 Å². The molecule has 3 heteroatoms. The zero-order valence-electron chi connectivity index (χ0n) is 15.7. The average Bonchev–Trinajstić information content (AvgIpc) is 2.91. The van der Waals surface area contributed by atoms with Crippen LogP contribution in [0.15, 0.2) is 41.0 Å². The largest absolute Gasteiger partial charge is 0.147 e. The number of rotatable bonds is 5. The minimum atomic E-state index is -0.616. The van der Waals surface area contributed by atoms with Gasteiger partial charge in [-0.1, -0.05) is 0 Å². The first-order valence-electron chi connectivity index (χ1n) is 8.30. The van der Waals surface area contributed by atoms with E-state index in [1.807, 2.05) is 6.56 Å². The van der Waals surface area contributed by atoms with E-state index in [4.69, 9.17) is 0 Å². The Hall–Kier alpha value is 0.423. The smallest absolute Gasteiger partial charge is 0.147 e. The molecule has 0 aromatic rings. The number of allylic oxidation sites excluding steroid dienone is 8. The van der Waals surface area contributed by atoms with Crippen LogP contribution in [0.25, 0.3) is 0 Å². The third kappa shape index (κ3) is 4.96. The minimum Gasteiger partial charge on any atom is -0.147 e. The van der Waals surface area contributed by atoms with Crippen LogP contribution in [-0.4, -0.2) is 0 Å². The maximum atomic E-state index is 2.44. The molecule has 0 radical (unpaired) electrons. The molecule has 23 heavy (non-hydrogen) atoms. The van der Waals surface area contributed by atoms with Crippen molar-refractivity contribution >= 4 is 24.8 Å². The van der Waals surface area contributed by atoms with E-state index in [-0.39, 0.29) is 24.8 Å². The maximum absolute atomic E-state index is 2.44. The second-order valence-corrected chi connectivity index (χ2v) is 10.9. The summed E-state index contributed by atoms with van der Waals surface area (Å²) in [5, 5.41) is 0. The Balaban J connectivity index is 0.00000242. The Morgan fingerprint density at radius 2 is 1.70 bits per heavy atom. The van der Waals surface area contributed by atoms with Gasteiger partial charge in [0.25, 0.3) is 0 Å². The fourth-order valence-corrected chi connectivity index (χ4v) is 7.69. The summed E-state index contributed by atoms with van der Waals surface area (Å²) < 4.78 is 3.66. The topological polar surface area (TPSA) is 0 Å². The van der Waals surface area contributed by atoms with Gasteiger partial charge in [0.2, 0.25) is 0 Å². The van der Waals surface area contributed by atoms with Crippen molar-refractivity contribution in [2.24, 2.45) is 11.3 Å². The minimum absolute atomic E-state index is 0. The van der Waals surface area contributed by atoms with E-state index < -0.39 is 23.2 Å². The summed E-state index contributed by atoms with van der Waals surface area (Å²) in [6, 6.07) is 0. The first-order chi connectivity index (χ1) is 9.75. The Labute approximate surface area is 167 Å². The van der Waals surface area contributed by atoms with E-state index in [2.05, 4.69) is 60.6 Å². The van der Waals surface area contributed by atoms with E-state index in [0.29, 0.717) is 5.41 Å². The quantitative estimate of drug-likeness (QED) is 0.429. The molecule has 0 unspecified atom stereocenters. The normalized spacial score (nSPS) is 19.5.